The lowest BCUT2D eigenvalue weighted by Gasteiger charge is -2.42. The third kappa shape index (κ3) is 4.27. The van der Waals surface area contributed by atoms with Crippen molar-refractivity contribution < 1.29 is 27.5 Å². The average molecular weight is 581 g/mol. The molecule has 2 aromatic rings. The van der Waals surface area contributed by atoms with Crippen molar-refractivity contribution in [2.45, 2.75) is 13.1 Å². The second kappa shape index (κ2) is 8.76. The van der Waals surface area contributed by atoms with Crippen molar-refractivity contribution in [1.29, 1.82) is 0 Å². The molecule has 3 N–H and O–H groups in total. The van der Waals surface area contributed by atoms with Gasteiger partial charge in [-0.3, -0.25) is 9.59 Å². The van der Waals surface area contributed by atoms with E-state index in [1.807, 2.05) is 23.1 Å². The van der Waals surface area contributed by atoms with Gasteiger partial charge >= 0.3 is 6.18 Å². The normalized spacial score (nSPS) is 25.5. The molecule has 196 valence electrons. The number of benzene rings is 1. The number of ether oxygens (including phenoxy) is 1. The number of nitrogens with one attached hydrogen (secondary N) is 3. The van der Waals surface area contributed by atoms with E-state index in [1.165, 1.54) is 6.07 Å². The molecule has 0 bridgehead atoms. The van der Waals surface area contributed by atoms with Crippen molar-refractivity contribution in [3.8, 4) is 5.88 Å². The Morgan fingerprint density at radius 3 is 2.22 bits per heavy atom. The minimum atomic E-state index is -4.48. The van der Waals surface area contributed by atoms with E-state index in [0.29, 0.717) is 66.7 Å². The smallest absolute Gasteiger partial charge is 0.422 e. The lowest BCUT2D eigenvalue weighted by molar-refractivity contribution is -0.154. The fraction of sp³-hybridized carbons (Fsp3) is 0.458. The maximum atomic E-state index is 13.3. The average Bonchev–Trinajstić information content (AvgIpc) is 3.56. The fourth-order valence-corrected chi connectivity index (χ4v) is 6.57. The molecule has 4 atom stereocenters. The number of carbonyl (C=O) groups is 2. The van der Waals surface area contributed by atoms with E-state index in [2.05, 4.69) is 37.3 Å². The molecule has 1 aromatic carbocycles. The SMILES string of the molecule is Cc1nc(OCC(F)(F)F)c(Br)cc1C(=O)N1CC2C(C1)[C@@H]1CN(C(=O)c3ccc4c(c3)NNN4)C[C@H]21. The molecule has 2 saturated heterocycles. The van der Waals surface area contributed by atoms with Gasteiger partial charge in [-0.25, -0.2) is 4.98 Å². The van der Waals surface area contributed by atoms with E-state index < -0.39 is 12.8 Å². The lowest BCUT2D eigenvalue weighted by atomic mass is 9.60. The Balaban J connectivity index is 1.09. The van der Waals surface area contributed by atoms with E-state index in [-0.39, 0.29) is 22.2 Å². The van der Waals surface area contributed by atoms with Crippen LogP contribution < -0.4 is 21.1 Å². The number of halogens is 4. The van der Waals surface area contributed by atoms with Crippen molar-refractivity contribution in [2.75, 3.05) is 43.6 Å². The lowest BCUT2D eigenvalue weighted by Crippen LogP contribution is -2.44. The van der Waals surface area contributed by atoms with Gasteiger partial charge in [0.1, 0.15) is 0 Å². The third-order valence-corrected chi connectivity index (χ3v) is 8.47. The highest BCUT2D eigenvalue weighted by molar-refractivity contribution is 9.10. The summed E-state index contributed by atoms with van der Waals surface area (Å²) in [6.07, 6.45) is -4.48. The van der Waals surface area contributed by atoms with Crippen LogP contribution in [0.3, 0.4) is 0 Å². The number of aryl methyl sites for hydroxylation is 1. The van der Waals surface area contributed by atoms with Crippen LogP contribution in [-0.4, -0.2) is 65.6 Å². The molecular weight excluding hydrogens is 557 g/mol. The van der Waals surface area contributed by atoms with Crippen LogP contribution in [0.25, 0.3) is 0 Å². The largest absolute Gasteiger partial charge is 0.467 e. The van der Waals surface area contributed by atoms with Gasteiger partial charge in [0, 0.05) is 31.7 Å². The maximum absolute atomic E-state index is 13.3. The van der Waals surface area contributed by atoms with Gasteiger partial charge < -0.3 is 25.4 Å². The minimum Gasteiger partial charge on any atom is -0.467 e. The van der Waals surface area contributed by atoms with Crippen LogP contribution in [0.15, 0.2) is 28.7 Å². The number of aromatic nitrogens is 1. The topological polar surface area (TPSA) is 98.8 Å². The van der Waals surface area contributed by atoms with Crippen LogP contribution in [0.4, 0.5) is 24.5 Å². The van der Waals surface area contributed by atoms with Gasteiger partial charge in [-0.15, -0.1) is 5.53 Å². The summed E-state index contributed by atoms with van der Waals surface area (Å²) < 4.78 is 42.5. The van der Waals surface area contributed by atoms with Crippen LogP contribution >= 0.6 is 15.9 Å². The number of anilines is 2. The van der Waals surface area contributed by atoms with Crippen LogP contribution in [-0.2, 0) is 0 Å². The number of pyridine rings is 1. The zero-order chi connectivity index (χ0) is 26.1. The molecule has 9 nitrogen and oxygen atoms in total. The van der Waals surface area contributed by atoms with Gasteiger partial charge in [0.25, 0.3) is 11.8 Å². The second-order valence-corrected chi connectivity index (χ2v) is 10.9. The molecule has 1 aromatic heterocycles. The quantitative estimate of drug-likeness (QED) is 0.509. The number of nitrogens with zero attached hydrogens (tertiary/aromatic N) is 3. The van der Waals surface area contributed by atoms with Crippen molar-refractivity contribution in [3.63, 3.8) is 0 Å². The number of hydrogen-bond donors (Lipinski definition) is 3. The first-order valence-electron chi connectivity index (χ1n) is 12.0. The number of hydrogen-bond acceptors (Lipinski definition) is 7. The number of alkyl halides is 3. The molecule has 0 spiro atoms. The molecular formula is C24H24BrF3N6O3. The minimum absolute atomic E-state index is 0.0105. The van der Waals surface area contributed by atoms with Crippen molar-refractivity contribution in [1.82, 2.24) is 20.3 Å². The summed E-state index contributed by atoms with van der Waals surface area (Å²) >= 11 is 3.18. The molecule has 2 amide bonds. The summed E-state index contributed by atoms with van der Waals surface area (Å²) in [7, 11) is 0. The maximum Gasteiger partial charge on any atom is 0.422 e. The Bertz CT molecular complexity index is 1270. The fourth-order valence-electron chi connectivity index (χ4n) is 6.14. The summed E-state index contributed by atoms with van der Waals surface area (Å²) in [6, 6.07) is 7.00. The van der Waals surface area contributed by atoms with Crippen molar-refractivity contribution in [3.05, 3.63) is 45.6 Å². The Hall–Kier alpha value is -3.06. The molecule has 13 heteroatoms. The van der Waals surface area contributed by atoms with Crippen LogP contribution in [0.2, 0.25) is 0 Å². The molecule has 0 radical (unpaired) electrons. The van der Waals surface area contributed by atoms with Gasteiger partial charge in [-0.2, -0.15) is 13.2 Å². The highest BCUT2D eigenvalue weighted by atomic mass is 79.9. The monoisotopic (exact) mass is 580 g/mol. The van der Waals surface area contributed by atoms with E-state index in [0.717, 1.165) is 11.4 Å². The predicted molar refractivity (Wildman–Crippen MR) is 131 cm³/mol. The first-order chi connectivity index (χ1) is 17.6. The number of fused-ring (bicyclic) bond motifs is 5. The number of hydrazine groups is 2. The summed E-state index contributed by atoms with van der Waals surface area (Å²) in [5, 5.41) is 0. The number of carbonyl (C=O) groups excluding carboxylic acids is 2. The van der Waals surface area contributed by atoms with E-state index in [9.17, 15) is 22.8 Å². The molecule has 2 unspecified atom stereocenters. The van der Waals surface area contributed by atoms with Crippen LogP contribution in [0.5, 0.6) is 5.88 Å². The van der Waals surface area contributed by atoms with E-state index in [4.69, 9.17) is 4.74 Å². The second-order valence-electron chi connectivity index (χ2n) is 10.0. The number of rotatable bonds is 4. The molecule has 3 aliphatic heterocycles. The zero-order valence-corrected chi connectivity index (χ0v) is 21.3. The summed E-state index contributed by atoms with van der Waals surface area (Å²) in [5.41, 5.74) is 11.7. The first-order valence-corrected chi connectivity index (χ1v) is 12.7. The van der Waals surface area contributed by atoms with E-state index >= 15 is 0 Å². The molecule has 1 aliphatic carbocycles. The molecule has 1 saturated carbocycles. The standard InChI is InChI=1S/C24H24BrF3N6O3/c1-11-13(5-18(25)21(29-11)37-10-24(26,27)28)23(36)34-8-16-14-6-33(7-15(14)17(16)9-34)22(35)12-2-3-19-20(4-12)31-32-30-19/h2-5,14-17,30-32H,6-10H2,1H3/t14-,15+,16?,17?. The van der Waals surface area contributed by atoms with Gasteiger partial charge in [0.05, 0.1) is 27.1 Å². The zero-order valence-electron chi connectivity index (χ0n) is 19.7. The van der Waals surface area contributed by atoms with E-state index in [1.54, 1.807) is 11.8 Å². The predicted octanol–water partition coefficient (Wildman–Crippen LogP) is 3.44. The summed E-state index contributed by atoms with van der Waals surface area (Å²) in [5.74, 6) is 0.982. The molecule has 4 heterocycles. The van der Waals surface area contributed by atoms with Crippen molar-refractivity contribution >= 4 is 39.1 Å². The van der Waals surface area contributed by atoms with Crippen molar-refractivity contribution in [2.24, 2.45) is 23.7 Å². The molecule has 37 heavy (non-hydrogen) atoms. The Labute approximate surface area is 218 Å². The van der Waals surface area contributed by atoms with Gasteiger partial charge in [0.15, 0.2) is 6.61 Å². The Morgan fingerprint density at radius 1 is 1.00 bits per heavy atom. The summed E-state index contributed by atoms with van der Waals surface area (Å²) in [6.45, 7) is 2.66. The van der Waals surface area contributed by atoms with Crippen LogP contribution in [0, 0.1) is 30.6 Å². The molecule has 3 fully saturated rings. The van der Waals surface area contributed by atoms with Crippen LogP contribution in [0.1, 0.15) is 26.4 Å². The third-order valence-electron chi connectivity index (χ3n) is 7.90. The highest BCUT2D eigenvalue weighted by Gasteiger charge is 2.59. The van der Waals surface area contributed by atoms with Gasteiger partial charge in [-0.05, 0) is 70.8 Å². The molecule has 6 rings (SSSR count). The highest BCUT2D eigenvalue weighted by Crippen LogP contribution is 2.54. The first kappa shape index (κ1) is 24.3. The van der Waals surface area contributed by atoms with Gasteiger partial charge in [-0.1, -0.05) is 0 Å². The Morgan fingerprint density at radius 2 is 1.59 bits per heavy atom. The molecule has 4 aliphatic rings. The number of amides is 2. The number of likely N-dealkylation sites (tertiary alicyclic amines) is 2. The Kier molecular flexibility index (Phi) is 5.75. The summed E-state index contributed by atoms with van der Waals surface area (Å²) in [4.78, 5) is 34.3. The van der Waals surface area contributed by atoms with Gasteiger partial charge in [0.2, 0.25) is 5.88 Å².